The highest BCUT2D eigenvalue weighted by Gasteiger charge is 2.36. The van der Waals surface area contributed by atoms with Gasteiger partial charge in [-0.15, -0.1) is 0 Å². The molecule has 0 aliphatic rings. The molecule has 0 saturated carbocycles. The number of nitrogens with one attached hydrogen (secondary N) is 2. The maximum absolute atomic E-state index is 12.9. The third-order valence-corrected chi connectivity index (χ3v) is 4.37. The molecule has 0 unspecified atom stereocenters. The van der Waals surface area contributed by atoms with E-state index in [1.807, 2.05) is 0 Å². The van der Waals surface area contributed by atoms with Crippen molar-refractivity contribution in [3.8, 4) is 6.07 Å². The summed E-state index contributed by atoms with van der Waals surface area (Å²) in [7, 11) is 0. The summed E-state index contributed by atoms with van der Waals surface area (Å²) in [6.45, 7) is 2.06. The normalized spacial score (nSPS) is 12.2. The van der Waals surface area contributed by atoms with E-state index >= 15 is 0 Å². The number of alkyl halides is 6. The van der Waals surface area contributed by atoms with Crippen LogP contribution in [0, 0.1) is 11.3 Å². The predicted octanol–water partition coefficient (Wildman–Crippen LogP) is 6.52. The number of carbonyl (C=O) groups excluding carboxylic acids is 1. The predicted molar refractivity (Wildman–Crippen MR) is 107 cm³/mol. The quantitative estimate of drug-likeness (QED) is 0.284. The molecular weight excluding hydrogens is 436 g/mol. The third kappa shape index (κ3) is 7.04. The standard InChI is InChI=1S/C22H19F6N3O/c1-2-3-4-14-5-7-18(8-6-14)31-20(32)15(12-29)13-30-19-10-16(21(23,24)25)9-17(11-19)22(26,27)28/h5-11,13,30H,2-4H2,1H3,(H,31,32)/b15-13-. The molecule has 0 aliphatic carbocycles. The molecule has 0 spiro atoms. The van der Waals surface area contributed by atoms with Gasteiger partial charge in [-0.25, -0.2) is 0 Å². The topological polar surface area (TPSA) is 64.9 Å². The molecule has 4 nitrogen and oxygen atoms in total. The largest absolute Gasteiger partial charge is 0.416 e. The molecule has 2 aromatic rings. The molecule has 32 heavy (non-hydrogen) atoms. The molecule has 0 saturated heterocycles. The van der Waals surface area contributed by atoms with Crippen LogP contribution in [0.5, 0.6) is 0 Å². The van der Waals surface area contributed by atoms with E-state index in [1.165, 1.54) is 0 Å². The van der Waals surface area contributed by atoms with E-state index in [-0.39, 0.29) is 6.07 Å². The number of halogens is 6. The van der Waals surface area contributed by atoms with E-state index < -0.39 is 40.6 Å². The van der Waals surface area contributed by atoms with Crippen molar-refractivity contribution in [3.63, 3.8) is 0 Å². The molecule has 2 rings (SSSR count). The molecule has 170 valence electrons. The van der Waals surface area contributed by atoms with E-state index in [2.05, 4.69) is 17.6 Å². The summed E-state index contributed by atoms with van der Waals surface area (Å²) in [5.41, 5.74) is -2.70. The average molecular weight is 455 g/mol. The van der Waals surface area contributed by atoms with Crippen LogP contribution in [0.25, 0.3) is 0 Å². The van der Waals surface area contributed by atoms with Crippen molar-refractivity contribution in [3.05, 3.63) is 70.9 Å². The van der Waals surface area contributed by atoms with Crippen LogP contribution in [0.4, 0.5) is 37.7 Å². The average Bonchev–Trinajstić information content (AvgIpc) is 2.72. The van der Waals surface area contributed by atoms with E-state index in [0.717, 1.165) is 31.0 Å². The summed E-state index contributed by atoms with van der Waals surface area (Å²) in [6.07, 6.45) is -6.38. The van der Waals surface area contributed by atoms with E-state index in [9.17, 15) is 36.4 Å². The summed E-state index contributed by atoms with van der Waals surface area (Å²) in [5.74, 6) is -0.871. The summed E-state index contributed by atoms with van der Waals surface area (Å²) in [6, 6.07) is 9.33. The number of carbonyl (C=O) groups is 1. The minimum atomic E-state index is -5.01. The number of rotatable bonds is 7. The van der Waals surface area contributed by atoms with Gasteiger partial charge in [0, 0.05) is 17.6 Å². The molecule has 0 heterocycles. The summed E-state index contributed by atoms with van der Waals surface area (Å²) in [4.78, 5) is 12.3. The van der Waals surface area contributed by atoms with Gasteiger partial charge in [0.25, 0.3) is 5.91 Å². The Morgan fingerprint density at radius 1 is 0.969 bits per heavy atom. The lowest BCUT2D eigenvalue weighted by molar-refractivity contribution is -0.143. The summed E-state index contributed by atoms with van der Waals surface area (Å²) in [5, 5.41) is 13.8. The van der Waals surface area contributed by atoms with Gasteiger partial charge >= 0.3 is 12.4 Å². The van der Waals surface area contributed by atoms with Gasteiger partial charge in [-0.2, -0.15) is 31.6 Å². The van der Waals surface area contributed by atoms with Crippen LogP contribution in [-0.4, -0.2) is 5.91 Å². The Balaban J connectivity index is 2.20. The first-order valence-corrected chi connectivity index (χ1v) is 9.50. The van der Waals surface area contributed by atoms with Gasteiger partial charge in [0.1, 0.15) is 11.6 Å². The van der Waals surface area contributed by atoms with Gasteiger partial charge in [-0.1, -0.05) is 25.5 Å². The number of nitrogens with zero attached hydrogens (tertiary/aromatic N) is 1. The number of hydrogen-bond acceptors (Lipinski definition) is 3. The fraction of sp³-hybridized carbons (Fsp3) is 0.273. The maximum atomic E-state index is 12.9. The van der Waals surface area contributed by atoms with Gasteiger partial charge in [0.2, 0.25) is 0 Å². The second-order valence-electron chi connectivity index (χ2n) is 6.86. The highest BCUT2D eigenvalue weighted by atomic mass is 19.4. The molecular formula is C22H19F6N3O. The number of hydrogen-bond donors (Lipinski definition) is 2. The van der Waals surface area contributed by atoms with Crippen molar-refractivity contribution in [1.82, 2.24) is 0 Å². The minimum absolute atomic E-state index is 0.0169. The van der Waals surface area contributed by atoms with Gasteiger partial charge in [0.15, 0.2) is 0 Å². The molecule has 0 bridgehead atoms. The lowest BCUT2D eigenvalue weighted by Crippen LogP contribution is -2.15. The monoisotopic (exact) mass is 455 g/mol. The van der Waals surface area contributed by atoms with Crippen molar-refractivity contribution in [1.29, 1.82) is 5.26 Å². The van der Waals surface area contributed by atoms with Crippen LogP contribution in [0.1, 0.15) is 36.5 Å². The zero-order chi connectivity index (χ0) is 23.9. The van der Waals surface area contributed by atoms with Crippen molar-refractivity contribution in [2.45, 2.75) is 38.5 Å². The Hall–Kier alpha value is -3.48. The van der Waals surface area contributed by atoms with Crippen LogP contribution >= 0.6 is 0 Å². The number of anilines is 2. The van der Waals surface area contributed by atoms with E-state index in [0.29, 0.717) is 17.8 Å². The zero-order valence-electron chi connectivity index (χ0n) is 16.9. The number of benzene rings is 2. The minimum Gasteiger partial charge on any atom is -0.360 e. The molecule has 0 fully saturated rings. The lowest BCUT2D eigenvalue weighted by atomic mass is 10.1. The van der Waals surface area contributed by atoms with Crippen LogP contribution in [0.2, 0.25) is 0 Å². The number of amides is 1. The van der Waals surface area contributed by atoms with Crippen molar-refractivity contribution < 1.29 is 31.1 Å². The molecule has 10 heteroatoms. The highest BCUT2D eigenvalue weighted by molar-refractivity contribution is 6.06. The molecule has 0 aromatic heterocycles. The Morgan fingerprint density at radius 2 is 1.53 bits per heavy atom. The second-order valence-corrected chi connectivity index (χ2v) is 6.86. The molecule has 2 aromatic carbocycles. The molecule has 1 amide bonds. The van der Waals surface area contributed by atoms with Crippen LogP contribution in [0.3, 0.4) is 0 Å². The van der Waals surface area contributed by atoms with Crippen molar-refractivity contribution >= 4 is 17.3 Å². The molecule has 0 atom stereocenters. The Morgan fingerprint density at radius 3 is 2.00 bits per heavy atom. The van der Waals surface area contributed by atoms with Gasteiger partial charge < -0.3 is 10.6 Å². The Bertz CT molecular complexity index is 986. The number of unbranched alkanes of at least 4 members (excludes halogenated alkanes) is 1. The summed E-state index contributed by atoms with van der Waals surface area (Å²) >= 11 is 0. The lowest BCUT2D eigenvalue weighted by Gasteiger charge is -2.14. The SMILES string of the molecule is CCCCc1ccc(NC(=O)/C(C#N)=C\Nc2cc(C(F)(F)F)cc(C(F)(F)F)c2)cc1. The van der Waals surface area contributed by atoms with Gasteiger partial charge in [-0.05, 0) is 48.7 Å². The van der Waals surface area contributed by atoms with Crippen molar-refractivity contribution in [2.24, 2.45) is 0 Å². The fourth-order valence-electron chi connectivity index (χ4n) is 2.68. The zero-order valence-corrected chi connectivity index (χ0v) is 16.9. The smallest absolute Gasteiger partial charge is 0.360 e. The summed E-state index contributed by atoms with van der Waals surface area (Å²) < 4.78 is 77.6. The third-order valence-electron chi connectivity index (χ3n) is 4.37. The Kier molecular flexibility index (Phi) is 7.92. The van der Waals surface area contributed by atoms with Gasteiger partial charge in [0.05, 0.1) is 11.1 Å². The fourth-order valence-corrected chi connectivity index (χ4v) is 2.68. The highest BCUT2D eigenvalue weighted by Crippen LogP contribution is 2.37. The van der Waals surface area contributed by atoms with Crippen LogP contribution in [0.15, 0.2) is 54.2 Å². The van der Waals surface area contributed by atoms with Crippen molar-refractivity contribution in [2.75, 3.05) is 10.6 Å². The first kappa shape index (κ1) is 24.8. The molecule has 0 aliphatic heterocycles. The Labute approximate surface area is 180 Å². The van der Waals surface area contributed by atoms with Crippen LogP contribution in [-0.2, 0) is 23.6 Å². The maximum Gasteiger partial charge on any atom is 0.416 e. The molecule has 2 N–H and O–H groups in total. The molecule has 0 radical (unpaired) electrons. The first-order valence-electron chi connectivity index (χ1n) is 9.50. The second kappa shape index (κ2) is 10.2. The van der Waals surface area contributed by atoms with Crippen LogP contribution < -0.4 is 10.6 Å². The first-order chi connectivity index (χ1) is 14.9. The number of aryl methyl sites for hydroxylation is 1. The number of nitriles is 1. The van der Waals surface area contributed by atoms with Gasteiger partial charge in [-0.3, -0.25) is 4.79 Å². The van der Waals surface area contributed by atoms with E-state index in [4.69, 9.17) is 0 Å². The van der Waals surface area contributed by atoms with E-state index in [1.54, 1.807) is 30.3 Å².